The van der Waals surface area contributed by atoms with Crippen LogP contribution in [0.5, 0.6) is 11.5 Å². The minimum absolute atomic E-state index is 0.0956. The van der Waals surface area contributed by atoms with Crippen LogP contribution in [0.2, 0.25) is 5.02 Å². The summed E-state index contributed by atoms with van der Waals surface area (Å²) < 4.78 is 17.6. The SMILES string of the molecule is COc1cc(OC)c(NC(=O)c2cc3c(CO)c[nH+]c(C)c3oc2=Nc2cccc(Br)c2)cc1Cl. The first kappa shape index (κ1) is 24.7. The third-order valence-electron chi connectivity index (χ3n) is 5.29. The van der Waals surface area contributed by atoms with Gasteiger partial charge in [-0.25, -0.2) is 9.98 Å². The molecule has 4 rings (SSSR count). The monoisotopic (exact) mass is 558 g/mol. The number of hydrogen-bond acceptors (Lipinski definition) is 6. The lowest BCUT2D eigenvalue weighted by molar-refractivity contribution is -0.386. The van der Waals surface area contributed by atoms with Gasteiger partial charge in [-0.15, -0.1) is 0 Å². The van der Waals surface area contributed by atoms with Crippen LogP contribution >= 0.6 is 27.5 Å². The molecule has 2 aromatic carbocycles. The third-order valence-corrected chi connectivity index (χ3v) is 6.08. The standard InChI is InChI=1S/C25H21BrClN3O5/c1-13-23-17(14(12-31)11-28-13)8-18(25(35-23)29-16-6-4-5-15(26)7-16)24(32)30-20-9-19(27)21(33-2)10-22(20)34-3/h4-11,31H,12H2,1-3H3,(H,30,32)/p+1. The molecule has 10 heteroatoms. The van der Waals surface area contributed by atoms with Gasteiger partial charge in [-0.3, -0.25) is 4.79 Å². The number of benzene rings is 2. The number of anilines is 1. The number of ether oxygens (including phenoxy) is 2. The number of rotatable bonds is 6. The van der Waals surface area contributed by atoms with E-state index in [-0.39, 0.29) is 17.7 Å². The van der Waals surface area contributed by atoms with E-state index in [1.807, 2.05) is 19.1 Å². The normalized spacial score (nSPS) is 11.5. The summed E-state index contributed by atoms with van der Waals surface area (Å²) in [7, 11) is 2.97. The molecule has 0 aliphatic carbocycles. The van der Waals surface area contributed by atoms with Crippen LogP contribution in [0.25, 0.3) is 11.0 Å². The number of fused-ring (bicyclic) bond motifs is 1. The van der Waals surface area contributed by atoms with E-state index >= 15 is 0 Å². The highest BCUT2D eigenvalue weighted by atomic mass is 79.9. The number of H-pyrrole nitrogens is 1. The Labute approximate surface area is 214 Å². The Bertz CT molecular complexity index is 1500. The molecular weight excluding hydrogens is 538 g/mol. The number of aliphatic hydroxyl groups is 1. The molecule has 0 aliphatic heterocycles. The first-order valence-corrected chi connectivity index (χ1v) is 11.6. The molecule has 35 heavy (non-hydrogen) atoms. The summed E-state index contributed by atoms with van der Waals surface area (Å²) in [6, 6.07) is 12.1. The summed E-state index contributed by atoms with van der Waals surface area (Å²) in [6.45, 7) is 1.59. The molecule has 0 spiro atoms. The van der Waals surface area contributed by atoms with E-state index in [9.17, 15) is 9.90 Å². The van der Waals surface area contributed by atoms with Crippen LogP contribution in [-0.4, -0.2) is 25.2 Å². The summed E-state index contributed by atoms with van der Waals surface area (Å²) in [5.41, 5.74) is 2.95. The molecule has 2 heterocycles. The lowest BCUT2D eigenvalue weighted by Gasteiger charge is -2.13. The Morgan fingerprint density at radius 1 is 1.20 bits per heavy atom. The van der Waals surface area contributed by atoms with Gasteiger partial charge in [-0.05, 0) is 30.3 Å². The van der Waals surface area contributed by atoms with Gasteiger partial charge < -0.3 is 24.3 Å². The van der Waals surface area contributed by atoms with Crippen molar-refractivity contribution >= 4 is 55.8 Å². The molecular formula is C25H22BrClN3O5+. The van der Waals surface area contributed by atoms with E-state index in [0.29, 0.717) is 44.4 Å². The fraction of sp³-hybridized carbons (Fsp3) is 0.160. The second-order valence-electron chi connectivity index (χ2n) is 7.54. The number of pyridine rings is 1. The Hall–Kier alpha value is -3.40. The minimum atomic E-state index is -0.502. The van der Waals surface area contributed by atoms with E-state index in [2.05, 4.69) is 31.2 Å². The van der Waals surface area contributed by atoms with Crippen molar-refractivity contribution in [3.05, 3.63) is 80.5 Å². The number of nitrogens with one attached hydrogen (secondary N) is 2. The van der Waals surface area contributed by atoms with Crippen molar-refractivity contribution in [2.45, 2.75) is 13.5 Å². The number of amides is 1. The largest absolute Gasteiger partial charge is 0.495 e. The first-order valence-electron chi connectivity index (χ1n) is 10.5. The molecule has 0 unspecified atom stereocenters. The number of aromatic nitrogens is 1. The molecule has 180 valence electrons. The van der Waals surface area contributed by atoms with Gasteiger partial charge in [0, 0.05) is 22.8 Å². The van der Waals surface area contributed by atoms with Gasteiger partial charge in [0.25, 0.3) is 5.91 Å². The second-order valence-corrected chi connectivity index (χ2v) is 8.86. The van der Waals surface area contributed by atoms with Crippen molar-refractivity contribution in [3.63, 3.8) is 0 Å². The van der Waals surface area contributed by atoms with Crippen LogP contribution in [-0.2, 0) is 6.61 Å². The zero-order valence-electron chi connectivity index (χ0n) is 19.1. The van der Waals surface area contributed by atoms with E-state index in [0.717, 1.165) is 10.2 Å². The van der Waals surface area contributed by atoms with Crippen molar-refractivity contribution in [1.29, 1.82) is 0 Å². The van der Waals surface area contributed by atoms with E-state index in [1.165, 1.54) is 14.2 Å². The van der Waals surface area contributed by atoms with Crippen LogP contribution < -0.4 is 25.3 Å². The van der Waals surface area contributed by atoms with Crippen molar-refractivity contribution in [2.75, 3.05) is 19.5 Å². The van der Waals surface area contributed by atoms with Crippen LogP contribution in [0.4, 0.5) is 11.4 Å². The molecule has 0 bridgehead atoms. The summed E-state index contributed by atoms with van der Waals surface area (Å²) in [5.74, 6) is 0.273. The molecule has 0 fully saturated rings. The van der Waals surface area contributed by atoms with Crippen molar-refractivity contribution in [3.8, 4) is 11.5 Å². The summed E-state index contributed by atoms with van der Waals surface area (Å²) in [5, 5.41) is 13.6. The van der Waals surface area contributed by atoms with Crippen LogP contribution in [0, 0.1) is 6.92 Å². The van der Waals surface area contributed by atoms with Crippen molar-refractivity contribution in [1.82, 2.24) is 0 Å². The predicted molar refractivity (Wildman–Crippen MR) is 135 cm³/mol. The summed E-state index contributed by atoms with van der Waals surface area (Å²) in [4.78, 5) is 21.2. The number of carbonyl (C=O) groups excluding carboxylic acids is 1. The van der Waals surface area contributed by atoms with Crippen molar-refractivity contribution < 1.29 is 28.8 Å². The Balaban J connectivity index is 1.91. The zero-order chi connectivity index (χ0) is 25.1. The first-order chi connectivity index (χ1) is 16.8. The average molecular weight is 560 g/mol. The number of methoxy groups -OCH3 is 2. The highest BCUT2D eigenvalue weighted by Gasteiger charge is 2.20. The number of nitrogens with zero attached hydrogens (tertiary/aromatic N) is 1. The van der Waals surface area contributed by atoms with Crippen molar-refractivity contribution in [2.24, 2.45) is 4.99 Å². The molecule has 2 aromatic heterocycles. The number of aliphatic hydroxyl groups excluding tert-OH is 1. The number of carbonyl (C=O) groups is 1. The number of halogens is 2. The molecule has 0 aliphatic rings. The highest BCUT2D eigenvalue weighted by Crippen LogP contribution is 2.36. The van der Waals surface area contributed by atoms with Crippen LogP contribution in [0.1, 0.15) is 21.6 Å². The quantitative estimate of drug-likeness (QED) is 0.347. The smallest absolute Gasteiger partial charge is 0.261 e. The molecule has 3 N–H and O–H groups in total. The highest BCUT2D eigenvalue weighted by molar-refractivity contribution is 9.10. The third kappa shape index (κ3) is 5.17. The van der Waals surface area contributed by atoms with Crippen LogP contribution in [0.3, 0.4) is 0 Å². The summed E-state index contributed by atoms with van der Waals surface area (Å²) in [6.07, 6.45) is 1.67. The lowest BCUT2D eigenvalue weighted by atomic mass is 10.1. The second kappa shape index (κ2) is 10.5. The predicted octanol–water partition coefficient (Wildman–Crippen LogP) is 4.97. The number of hydrogen-bond donors (Lipinski definition) is 2. The lowest BCUT2D eigenvalue weighted by Crippen LogP contribution is -2.23. The Kier molecular flexibility index (Phi) is 7.39. The average Bonchev–Trinajstić information content (AvgIpc) is 2.84. The van der Waals surface area contributed by atoms with Gasteiger partial charge in [0.05, 0.1) is 42.8 Å². The van der Waals surface area contributed by atoms with Gasteiger partial charge in [0.1, 0.15) is 17.1 Å². The molecule has 0 saturated heterocycles. The molecule has 1 amide bonds. The van der Waals surface area contributed by atoms with E-state index in [4.69, 9.17) is 25.5 Å². The number of aryl methyl sites for hydroxylation is 1. The maximum absolute atomic E-state index is 13.5. The number of aromatic amines is 1. The molecule has 0 atom stereocenters. The van der Waals surface area contributed by atoms with E-state index < -0.39 is 5.91 Å². The fourth-order valence-electron chi connectivity index (χ4n) is 3.52. The van der Waals surface area contributed by atoms with Crippen LogP contribution in [0.15, 0.2) is 62.5 Å². The molecule has 8 nitrogen and oxygen atoms in total. The van der Waals surface area contributed by atoms with Gasteiger partial charge in [-0.2, -0.15) is 0 Å². The van der Waals surface area contributed by atoms with Gasteiger partial charge in [-0.1, -0.05) is 33.6 Å². The maximum atomic E-state index is 13.5. The molecule has 0 saturated carbocycles. The van der Waals surface area contributed by atoms with Gasteiger partial charge >= 0.3 is 0 Å². The van der Waals surface area contributed by atoms with Gasteiger partial charge in [0.15, 0.2) is 6.20 Å². The Morgan fingerprint density at radius 2 is 1.97 bits per heavy atom. The topological polar surface area (TPSA) is 107 Å². The molecule has 4 aromatic rings. The fourth-order valence-corrected chi connectivity index (χ4v) is 4.15. The zero-order valence-corrected chi connectivity index (χ0v) is 21.5. The Morgan fingerprint density at radius 3 is 2.66 bits per heavy atom. The van der Waals surface area contributed by atoms with Gasteiger partial charge in [0.2, 0.25) is 16.8 Å². The van der Waals surface area contributed by atoms with E-state index in [1.54, 1.807) is 36.5 Å². The summed E-state index contributed by atoms with van der Waals surface area (Å²) >= 11 is 9.70. The molecule has 0 radical (unpaired) electrons. The minimum Gasteiger partial charge on any atom is -0.495 e. The maximum Gasteiger partial charge on any atom is 0.261 e.